The summed E-state index contributed by atoms with van der Waals surface area (Å²) in [4.78, 5) is 24.0. The molecular formula is C14H17ClN2O3. The van der Waals surface area contributed by atoms with Gasteiger partial charge in [0.25, 0.3) is 5.91 Å². The van der Waals surface area contributed by atoms with E-state index in [9.17, 15) is 9.59 Å². The molecule has 3 N–H and O–H groups in total. The molecule has 0 saturated carbocycles. The van der Waals surface area contributed by atoms with Crippen molar-refractivity contribution >= 4 is 29.3 Å². The second-order valence-electron chi connectivity index (χ2n) is 4.50. The lowest BCUT2D eigenvalue weighted by atomic mass is 10.1. The van der Waals surface area contributed by atoms with Gasteiger partial charge in [0.15, 0.2) is 0 Å². The number of rotatable bonds is 3. The highest BCUT2D eigenvalue weighted by molar-refractivity contribution is 5.99. The van der Waals surface area contributed by atoms with Gasteiger partial charge in [-0.1, -0.05) is 18.2 Å². The molecule has 1 aromatic heterocycles. The lowest BCUT2D eigenvalue weighted by Gasteiger charge is -2.12. The zero-order valence-electron chi connectivity index (χ0n) is 11.3. The minimum Gasteiger partial charge on any atom is -0.422 e. The van der Waals surface area contributed by atoms with Gasteiger partial charge in [0.2, 0.25) is 0 Å². The van der Waals surface area contributed by atoms with Gasteiger partial charge in [-0.05, 0) is 25.5 Å². The van der Waals surface area contributed by atoms with Gasteiger partial charge < -0.3 is 15.5 Å². The molecule has 6 heteroatoms. The molecule has 5 nitrogen and oxygen atoms in total. The number of carbonyl (C=O) groups excluding carboxylic acids is 1. The van der Waals surface area contributed by atoms with E-state index in [-0.39, 0.29) is 24.0 Å². The summed E-state index contributed by atoms with van der Waals surface area (Å²) >= 11 is 0. The molecule has 0 saturated heterocycles. The number of fused-ring (bicyclic) bond motifs is 1. The van der Waals surface area contributed by atoms with Crippen LogP contribution in [0.25, 0.3) is 11.0 Å². The maximum atomic E-state index is 12.1. The highest BCUT2D eigenvalue weighted by Crippen LogP contribution is 2.18. The molecule has 20 heavy (non-hydrogen) atoms. The molecule has 1 aromatic carbocycles. The van der Waals surface area contributed by atoms with Crippen molar-refractivity contribution in [2.45, 2.75) is 19.9 Å². The first-order valence-corrected chi connectivity index (χ1v) is 6.08. The second-order valence-corrected chi connectivity index (χ2v) is 4.50. The molecule has 2 aromatic rings. The number of hydrogen-bond acceptors (Lipinski definition) is 4. The molecule has 0 unspecified atom stereocenters. The number of halogens is 1. The Balaban J connectivity index is 0.00000200. The maximum absolute atomic E-state index is 12.1. The molecule has 0 radical (unpaired) electrons. The van der Waals surface area contributed by atoms with E-state index >= 15 is 0 Å². The van der Waals surface area contributed by atoms with Gasteiger partial charge in [0.1, 0.15) is 11.1 Å². The summed E-state index contributed by atoms with van der Waals surface area (Å²) in [6.07, 6.45) is 0. The number of benzene rings is 1. The number of hydrogen-bond donors (Lipinski definition) is 2. The Kier molecular flexibility index (Phi) is 5.30. The van der Waals surface area contributed by atoms with Crippen LogP contribution in [-0.4, -0.2) is 18.5 Å². The van der Waals surface area contributed by atoms with Crippen molar-refractivity contribution in [2.75, 3.05) is 6.54 Å². The highest BCUT2D eigenvalue weighted by atomic mass is 35.5. The third-order valence-electron chi connectivity index (χ3n) is 3.03. The smallest absolute Gasteiger partial charge is 0.349 e. The monoisotopic (exact) mass is 296 g/mol. The molecule has 0 aliphatic rings. The van der Waals surface area contributed by atoms with Gasteiger partial charge in [-0.25, -0.2) is 4.79 Å². The van der Waals surface area contributed by atoms with Crippen LogP contribution >= 0.6 is 12.4 Å². The highest BCUT2D eigenvalue weighted by Gasteiger charge is 2.19. The van der Waals surface area contributed by atoms with Crippen LogP contribution in [0.5, 0.6) is 0 Å². The second kappa shape index (κ2) is 6.54. The van der Waals surface area contributed by atoms with E-state index in [2.05, 4.69) is 5.32 Å². The van der Waals surface area contributed by atoms with E-state index in [0.717, 1.165) is 5.39 Å². The van der Waals surface area contributed by atoms with E-state index in [4.69, 9.17) is 10.2 Å². The Bertz CT molecular complexity index is 682. The Morgan fingerprint density at radius 3 is 2.70 bits per heavy atom. The van der Waals surface area contributed by atoms with Gasteiger partial charge in [-0.2, -0.15) is 0 Å². The number of carbonyl (C=O) groups is 1. The van der Waals surface area contributed by atoms with Crippen molar-refractivity contribution in [2.24, 2.45) is 5.73 Å². The minimum atomic E-state index is -0.627. The number of nitrogens with two attached hydrogens (primary N) is 1. The predicted octanol–water partition coefficient (Wildman–Crippen LogP) is 1.60. The van der Waals surface area contributed by atoms with Gasteiger partial charge in [-0.15, -0.1) is 12.4 Å². The van der Waals surface area contributed by atoms with Gasteiger partial charge >= 0.3 is 5.63 Å². The third-order valence-corrected chi connectivity index (χ3v) is 3.03. The molecule has 0 spiro atoms. The summed E-state index contributed by atoms with van der Waals surface area (Å²) < 4.78 is 5.16. The van der Waals surface area contributed by atoms with E-state index in [1.807, 2.05) is 12.1 Å². The summed E-state index contributed by atoms with van der Waals surface area (Å²) in [5.41, 5.74) is 5.96. The van der Waals surface area contributed by atoms with E-state index < -0.39 is 11.5 Å². The predicted molar refractivity (Wildman–Crippen MR) is 80.5 cm³/mol. The molecule has 1 heterocycles. The van der Waals surface area contributed by atoms with Crippen LogP contribution in [0, 0.1) is 6.92 Å². The van der Waals surface area contributed by atoms with Crippen LogP contribution in [0.4, 0.5) is 0 Å². The fourth-order valence-electron chi connectivity index (χ4n) is 1.92. The molecule has 1 atom stereocenters. The fraction of sp³-hybridized carbons (Fsp3) is 0.286. The largest absolute Gasteiger partial charge is 0.422 e. The molecule has 1 amide bonds. The van der Waals surface area contributed by atoms with E-state index in [1.165, 1.54) is 0 Å². The van der Waals surface area contributed by atoms with Crippen molar-refractivity contribution in [3.05, 3.63) is 45.8 Å². The molecule has 108 valence electrons. The van der Waals surface area contributed by atoms with Gasteiger partial charge in [0, 0.05) is 18.0 Å². The summed E-state index contributed by atoms with van der Waals surface area (Å²) in [7, 11) is 0. The number of nitrogens with one attached hydrogen (secondary N) is 1. The molecule has 0 aliphatic heterocycles. The summed E-state index contributed by atoms with van der Waals surface area (Å²) in [5.74, 6) is -0.449. The molecular weight excluding hydrogens is 280 g/mol. The van der Waals surface area contributed by atoms with E-state index in [0.29, 0.717) is 17.7 Å². The van der Waals surface area contributed by atoms with Crippen LogP contribution < -0.4 is 16.7 Å². The molecule has 0 fully saturated rings. The van der Waals surface area contributed by atoms with Crippen molar-refractivity contribution in [3.8, 4) is 0 Å². The average molecular weight is 297 g/mol. The first-order chi connectivity index (χ1) is 9.04. The Morgan fingerprint density at radius 1 is 1.40 bits per heavy atom. The van der Waals surface area contributed by atoms with Gasteiger partial charge in [0.05, 0.1) is 0 Å². The fourth-order valence-corrected chi connectivity index (χ4v) is 1.92. The van der Waals surface area contributed by atoms with Crippen LogP contribution in [0.1, 0.15) is 22.8 Å². The van der Waals surface area contributed by atoms with Crippen LogP contribution in [-0.2, 0) is 0 Å². The van der Waals surface area contributed by atoms with Crippen molar-refractivity contribution in [3.63, 3.8) is 0 Å². The summed E-state index contributed by atoms with van der Waals surface area (Å²) in [6, 6.07) is 6.93. The van der Waals surface area contributed by atoms with Crippen molar-refractivity contribution < 1.29 is 9.21 Å². The normalized spacial score (nSPS) is 11.8. The first kappa shape index (κ1) is 16.2. The summed E-state index contributed by atoms with van der Waals surface area (Å²) in [5, 5.41) is 3.43. The maximum Gasteiger partial charge on any atom is 0.349 e. The standard InChI is InChI=1S/C14H16N2O3.ClH/c1-8(7-15)16-13(17)12-9(2)10-5-3-4-6-11(10)19-14(12)18;/h3-6,8H,7,15H2,1-2H3,(H,16,17);1H/t8-;/m0./s1. The number of amides is 1. The number of para-hydroxylation sites is 1. The SMILES string of the molecule is Cc1c(C(=O)N[C@@H](C)CN)c(=O)oc2ccccc12.Cl. The number of aryl methyl sites for hydroxylation is 1. The zero-order valence-corrected chi connectivity index (χ0v) is 12.1. The Labute approximate surface area is 122 Å². The average Bonchev–Trinajstić information content (AvgIpc) is 2.38. The third kappa shape index (κ3) is 3.00. The van der Waals surface area contributed by atoms with Crippen LogP contribution in [0.2, 0.25) is 0 Å². The lowest BCUT2D eigenvalue weighted by Crippen LogP contribution is -2.40. The molecule has 0 aliphatic carbocycles. The van der Waals surface area contributed by atoms with Gasteiger partial charge in [-0.3, -0.25) is 4.79 Å². The topological polar surface area (TPSA) is 85.3 Å². The lowest BCUT2D eigenvalue weighted by molar-refractivity contribution is 0.0937. The van der Waals surface area contributed by atoms with Crippen molar-refractivity contribution in [1.82, 2.24) is 5.32 Å². The Morgan fingerprint density at radius 2 is 2.05 bits per heavy atom. The van der Waals surface area contributed by atoms with Crippen molar-refractivity contribution in [1.29, 1.82) is 0 Å². The van der Waals surface area contributed by atoms with Crippen LogP contribution in [0.15, 0.2) is 33.5 Å². The first-order valence-electron chi connectivity index (χ1n) is 6.08. The minimum absolute atomic E-state index is 0. The molecule has 2 rings (SSSR count). The Hall–Kier alpha value is -1.85. The quantitative estimate of drug-likeness (QED) is 0.843. The summed E-state index contributed by atoms with van der Waals surface area (Å²) in [6.45, 7) is 3.82. The van der Waals surface area contributed by atoms with E-state index in [1.54, 1.807) is 26.0 Å². The molecule has 0 bridgehead atoms. The zero-order chi connectivity index (χ0) is 14.0. The van der Waals surface area contributed by atoms with Crippen LogP contribution in [0.3, 0.4) is 0 Å².